The Morgan fingerprint density at radius 3 is 2.41 bits per heavy atom. The summed E-state index contributed by atoms with van der Waals surface area (Å²) in [6.07, 6.45) is 5.64. The molecule has 4 rings (SSSR count). The first-order valence-corrected chi connectivity index (χ1v) is 14.0. The fraction of sp³-hybridized carbons (Fsp3) is 0.394. The number of nitrogens with one attached hydrogen (secondary N) is 1. The number of carbonyl (C=O) groups excluding carboxylic acids is 1. The van der Waals surface area contributed by atoms with E-state index in [0.717, 1.165) is 62.2 Å². The molecule has 0 aliphatic rings. The van der Waals surface area contributed by atoms with E-state index in [4.69, 9.17) is 9.72 Å². The van der Waals surface area contributed by atoms with Crippen molar-refractivity contribution in [1.29, 1.82) is 0 Å². The molecule has 1 amide bonds. The average molecular weight is 530 g/mol. The SMILES string of the molecule is CC(C)(C)c1ccc(OCCCCn2c(CCCCCNC(=O)c3ccccc3F)nc3ccccc32)cc1. The van der Waals surface area contributed by atoms with Gasteiger partial charge in [0.2, 0.25) is 0 Å². The Hall–Kier alpha value is -3.67. The Morgan fingerprint density at radius 2 is 1.64 bits per heavy atom. The van der Waals surface area contributed by atoms with Crippen molar-refractivity contribution < 1.29 is 13.9 Å². The molecule has 1 N–H and O–H groups in total. The van der Waals surface area contributed by atoms with Gasteiger partial charge in [0.25, 0.3) is 5.91 Å². The van der Waals surface area contributed by atoms with Gasteiger partial charge < -0.3 is 14.6 Å². The maximum absolute atomic E-state index is 13.8. The molecule has 0 saturated carbocycles. The van der Waals surface area contributed by atoms with Crippen LogP contribution in [0.1, 0.15) is 74.6 Å². The second-order valence-electron chi connectivity index (χ2n) is 11.0. The summed E-state index contributed by atoms with van der Waals surface area (Å²) >= 11 is 0. The number of imidazole rings is 1. The molecule has 0 saturated heterocycles. The molecule has 5 nitrogen and oxygen atoms in total. The predicted octanol–water partition coefficient (Wildman–Crippen LogP) is 7.47. The molecule has 0 unspecified atom stereocenters. The monoisotopic (exact) mass is 529 g/mol. The first kappa shape index (κ1) is 28.3. The van der Waals surface area contributed by atoms with E-state index in [-0.39, 0.29) is 16.9 Å². The third kappa shape index (κ3) is 7.92. The van der Waals surface area contributed by atoms with Gasteiger partial charge in [-0.1, -0.05) is 63.6 Å². The lowest BCUT2D eigenvalue weighted by Crippen LogP contribution is -2.25. The van der Waals surface area contributed by atoms with E-state index in [2.05, 4.69) is 73.1 Å². The summed E-state index contributed by atoms with van der Waals surface area (Å²) < 4.78 is 22.1. The Kier molecular flexibility index (Phi) is 9.74. The maximum Gasteiger partial charge on any atom is 0.254 e. The number of halogens is 1. The molecule has 1 aromatic heterocycles. The molecular weight excluding hydrogens is 489 g/mol. The quantitative estimate of drug-likeness (QED) is 0.183. The molecule has 3 aromatic carbocycles. The van der Waals surface area contributed by atoms with Crippen LogP contribution in [0, 0.1) is 5.82 Å². The summed E-state index contributed by atoms with van der Waals surface area (Å²) in [5.41, 5.74) is 3.74. The highest BCUT2D eigenvalue weighted by Gasteiger charge is 2.14. The van der Waals surface area contributed by atoms with E-state index >= 15 is 0 Å². The van der Waals surface area contributed by atoms with Crippen LogP contribution in [0.15, 0.2) is 72.8 Å². The minimum atomic E-state index is -0.491. The molecule has 0 bridgehead atoms. The summed E-state index contributed by atoms with van der Waals surface area (Å²) in [6, 6.07) is 22.8. The number of rotatable bonds is 13. The number of aromatic nitrogens is 2. The smallest absolute Gasteiger partial charge is 0.254 e. The van der Waals surface area contributed by atoms with Crippen LogP contribution in [0.3, 0.4) is 0 Å². The number of nitrogens with zero attached hydrogens (tertiary/aromatic N) is 2. The molecule has 1 heterocycles. The highest BCUT2D eigenvalue weighted by Crippen LogP contribution is 2.24. The number of aryl methyl sites for hydroxylation is 2. The van der Waals surface area contributed by atoms with Gasteiger partial charge in [-0.25, -0.2) is 9.37 Å². The maximum atomic E-state index is 13.8. The van der Waals surface area contributed by atoms with E-state index in [1.807, 2.05) is 6.07 Å². The van der Waals surface area contributed by atoms with Crippen molar-refractivity contribution in [3.05, 3.63) is 95.6 Å². The molecule has 0 fully saturated rings. The number of para-hydroxylation sites is 2. The first-order chi connectivity index (χ1) is 18.8. The van der Waals surface area contributed by atoms with Gasteiger partial charge in [0.05, 0.1) is 23.2 Å². The van der Waals surface area contributed by atoms with Crippen LogP contribution < -0.4 is 10.1 Å². The van der Waals surface area contributed by atoms with Gasteiger partial charge >= 0.3 is 0 Å². The zero-order valence-electron chi connectivity index (χ0n) is 23.4. The van der Waals surface area contributed by atoms with Crippen LogP contribution in [0.5, 0.6) is 5.75 Å². The topological polar surface area (TPSA) is 56.1 Å². The Labute approximate surface area is 231 Å². The third-order valence-corrected chi connectivity index (χ3v) is 6.98. The van der Waals surface area contributed by atoms with Crippen molar-refractivity contribution >= 4 is 16.9 Å². The average Bonchev–Trinajstić information content (AvgIpc) is 3.27. The van der Waals surface area contributed by atoms with E-state index in [0.29, 0.717) is 13.2 Å². The second kappa shape index (κ2) is 13.4. The molecule has 0 radical (unpaired) electrons. The van der Waals surface area contributed by atoms with E-state index in [9.17, 15) is 9.18 Å². The molecule has 0 aliphatic carbocycles. The van der Waals surface area contributed by atoms with E-state index in [1.165, 1.54) is 23.2 Å². The number of hydrogen-bond acceptors (Lipinski definition) is 3. The molecule has 0 aliphatic heterocycles. The molecule has 0 spiro atoms. The first-order valence-electron chi connectivity index (χ1n) is 14.0. The summed E-state index contributed by atoms with van der Waals surface area (Å²) in [5, 5.41) is 2.82. The number of hydrogen-bond donors (Lipinski definition) is 1. The summed E-state index contributed by atoms with van der Waals surface area (Å²) in [5.74, 6) is 1.17. The Balaban J connectivity index is 1.21. The zero-order chi connectivity index (χ0) is 27.7. The number of benzene rings is 3. The molecule has 4 aromatic rings. The molecular formula is C33H40FN3O2. The van der Waals surface area contributed by atoms with Crippen LogP contribution in [0.4, 0.5) is 4.39 Å². The lowest BCUT2D eigenvalue weighted by Gasteiger charge is -2.19. The number of amides is 1. The fourth-order valence-corrected chi connectivity index (χ4v) is 4.71. The van der Waals surface area contributed by atoms with E-state index in [1.54, 1.807) is 12.1 Å². The van der Waals surface area contributed by atoms with Gasteiger partial charge in [-0.3, -0.25) is 4.79 Å². The Morgan fingerprint density at radius 1 is 0.897 bits per heavy atom. The minimum absolute atomic E-state index is 0.0926. The highest BCUT2D eigenvalue weighted by atomic mass is 19.1. The van der Waals surface area contributed by atoms with Gasteiger partial charge in [-0.05, 0) is 73.1 Å². The number of ether oxygens (including phenoxy) is 1. The normalized spacial score (nSPS) is 11.6. The van der Waals surface area contributed by atoms with Gasteiger partial charge in [0.1, 0.15) is 17.4 Å². The van der Waals surface area contributed by atoms with Gasteiger partial charge in [0.15, 0.2) is 0 Å². The van der Waals surface area contributed by atoms with Crippen molar-refractivity contribution in [2.45, 2.75) is 71.3 Å². The number of unbranched alkanes of at least 4 members (excludes halogenated alkanes) is 3. The van der Waals surface area contributed by atoms with Gasteiger partial charge in [-0.15, -0.1) is 0 Å². The molecule has 0 atom stereocenters. The van der Waals surface area contributed by atoms with Gasteiger partial charge in [-0.2, -0.15) is 0 Å². The largest absolute Gasteiger partial charge is 0.494 e. The zero-order valence-corrected chi connectivity index (χ0v) is 23.4. The van der Waals surface area contributed by atoms with Crippen molar-refractivity contribution in [1.82, 2.24) is 14.9 Å². The minimum Gasteiger partial charge on any atom is -0.494 e. The molecule has 6 heteroatoms. The van der Waals surface area contributed by atoms with Crippen molar-refractivity contribution in [3.8, 4) is 5.75 Å². The van der Waals surface area contributed by atoms with Crippen molar-refractivity contribution in [3.63, 3.8) is 0 Å². The van der Waals surface area contributed by atoms with Crippen molar-refractivity contribution in [2.75, 3.05) is 13.2 Å². The summed E-state index contributed by atoms with van der Waals surface area (Å²) in [6.45, 7) is 8.77. The van der Waals surface area contributed by atoms with Crippen LogP contribution in [0.25, 0.3) is 11.0 Å². The number of carbonyl (C=O) groups is 1. The lowest BCUT2D eigenvalue weighted by atomic mass is 9.87. The van der Waals surface area contributed by atoms with Crippen molar-refractivity contribution in [2.24, 2.45) is 0 Å². The van der Waals surface area contributed by atoms with Crippen LogP contribution in [-0.2, 0) is 18.4 Å². The Bertz CT molecular complexity index is 1360. The van der Waals surface area contributed by atoms with E-state index < -0.39 is 5.82 Å². The fourth-order valence-electron chi connectivity index (χ4n) is 4.71. The summed E-state index contributed by atoms with van der Waals surface area (Å²) in [7, 11) is 0. The molecule has 206 valence electrons. The van der Waals surface area contributed by atoms with Gasteiger partial charge in [0, 0.05) is 19.5 Å². The van der Waals surface area contributed by atoms with Crippen LogP contribution in [0.2, 0.25) is 0 Å². The number of fused-ring (bicyclic) bond motifs is 1. The second-order valence-corrected chi connectivity index (χ2v) is 11.0. The molecule has 39 heavy (non-hydrogen) atoms. The van der Waals surface area contributed by atoms with Crippen LogP contribution in [-0.4, -0.2) is 28.6 Å². The third-order valence-electron chi connectivity index (χ3n) is 6.98. The predicted molar refractivity (Wildman–Crippen MR) is 156 cm³/mol. The standard InChI is InChI=1S/C33H40FN3O2/c1-33(2,3)25-18-20-26(21-19-25)39-24-12-11-23-37-30-16-9-8-15-29(30)36-31(37)17-5-4-10-22-35-32(38)27-13-6-7-14-28(27)34/h6-9,13-16,18-21H,4-5,10-12,17,22-24H2,1-3H3,(H,35,38). The lowest BCUT2D eigenvalue weighted by molar-refractivity contribution is 0.0949. The highest BCUT2D eigenvalue weighted by molar-refractivity contribution is 5.94. The van der Waals surface area contributed by atoms with Crippen LogP contribution >= 0.6 is 0 Å². The summed E-state index contributed by atoms with van der Waals surface area (Å²) in [4.78, 5) is 17.1.